The molecule has 0 radical (unpaired) electrons. The van der Waals surface area contributed by atoms with Gasteiger partial charge in [-0.2, -0.15) is 0 Å². The average molecular weight is 552 g/mol. The normalized spacial score (nSPS) is 11.4. The van der Waals surface area contributed by atoms with Crippen LogP contribution < -0.4 is 5.32 Å². The average Bonchev–Trinajstić information content (AvgIpc) is 3.51. The summed E-state index contributed by atoms with van der Waals surface area (Å²) in [5.41, 5.74) is 6.07. The summed E-state index contributed by atoms with van der Waals surface area (Å²) in [7, 11) is 0. The third-order valence-corrected chi connectivity index (χ3v) is 7.98. The number of amides is 1. The molecule has 0 aliphatic carbocycles. The van der Waals surface area contributed by atoms with Crippen molar-refractivity contribution in [1.82, 2.24) is 19.3 Å². The monoisotopic (exact) mass is 551 g/mol. The number of carbonyl (C=O) groups is 1. The van der Waals surface area contributed by atoms with Crippen LogP contribution in [0.2, 0.25) is 5.02 Å². The lowest BCUT2D eigenvalue weighted by Crippen LogP contribution is -2.14. The number of nitrogens with one attached hydrogen (secondary N) is 1. The fraction of sp³-hybridized carbons (Fsp3) is 0.129. The van der Waals surface area contributed by atoms with E-state index in [0.717, 1.165) is 39.9 Å². The third-order valence-electron chi connectivity index (χ3n) is 6.80. The Balaban J connectivity index is 1.27. The summed E-state index contributed by atoms with van der Waals surface area (Å²) in [4.78, 5) is 13.1. The van der Waals surface area contributed by atoms with Crippen molar-refractivity contribution in [2.75, 3.05) is 11.1 Å². The molecule has 0 saturated heterocycles. The molecular formula is C31H26ClN5OS. The molecule has 0 atom stereocenters. The maximum absolute atomic E-state index is 13.1. The zero-order chi connectivity index (χ0) is 26.9. The van der Waals surface area contributed by atoms with Gasteiger partial charge in [0.2, 0.25) is 5.91 Å². The van der Waals surface area contributed by atoms with Crippen LogP contribution in [-0.4, -0.2) is 31.0 Å². The number of aryl methyl sites for hydroxylation is 2. The molecule has 2 aromatic heterocycles. The maximum atomic E-state index is 13.1. The van der Waals surface area contributed by atoms with E-state index in [1.165, 1.54) is 22.7 Å². The molecule has 0 fully saturated rings. The number of fused-ring (bicyclic) bond motifs is 3. The van der Waals surface area contributed by atoms with E-state index in [0.29, 0.717) is 16.0 Å². The summed E-state index contributed by atoms with van der Waals surface area (Å²) in [6.07, 6.45) is 0. The second-order valence-electron chi connectivity index (χ2n) is 9.27. The first-order valence-corrected chi connectivity index (χ1v) is 14.1. The second-order valence-corrected chi connectivity index (χ2v) is 10.6. The molecule has 4 aromatic carbocycles. The predicted octanol–water partition coefficient (Wildman–Crippen LogP) is 7.75. The molecule has 0 saturated carbocycles. The Morgan fingerprint density at radius 3 is 2.44 bits per heavy atom. The van der Waals surface area contributed by atoms with Gasteiger partial charge in [-0.3, -0.25) is 9.36 Å². The van der Waals surface area contributed by atoms with Gasteiger partial charge in [-0.25, -0.2) is 0 Å². The van der Waals surface area contributed by atoms with E-state index >= 15 is 0 Å². The van der Waals surface area contributed by atoms with Gasteiger partial charge < -0.3 is 9.88 Å². The highest BCUT2D eigenvalue weighted by atomic mass is 35.5. The van der Waals surface area contributed by atoms with Crippen molar-refractivity contribution in [3.8, 4) is 17.1 Å². The van der Waals surface area contributed by atoms with Crippen molar-refractivity contribution in [3.05, 3.63) is 102 Å². The molecule has 6 aromatic rings. The number of anilines is 1. The molecule has 6 nitrogen and oxygen atoms in total. The molecule has 1 N–H and O–H groups in total. The van der Waals surface area contributed by atoms with E-state index in [-0.39, 0.29) is 11.7 Å². The molecule has 1 amide bonds. The summed E-state index contributed by atoms with van der Waals surface area (Å²) >= 11 is 7.47. The summed E-state index contributed by atoms with van der Waals surface area (Å²) in [6.45, 7) is 5.08. The Kier molecular flexibility index (Phi) is 6.85. The number of benzene rings is 4. The van der Waals surface area contributed by atoms with Crippen molar-refractivity contribution >= 4 is 56.8 Å². The van der Waals surface area contributed by atoms with E-state index in [1.807, 2.05) is 72.2 Å². The highest BCUT2D eigenvalue weighted by Gasteiger charge is 2.19. The lowest BCUT2D eigenvalue weighted by atomic mass is 10.1. The van der Waals surface area contributed by atoms with Crippen molar-refractivity contribution in [2.45, 2.75) is 25.5 Å². The van der Waals surface area contributed by atoms with Crippen LogP contribution in [0, 0.1) is 6.92 Å². The van der Waals surface area contributed by atoms with Gasteiger partial charge in [-0.05, 0) is 74.0 Å². The summed E-state index contributed by atoms with van der Waals surface area (Å²) in [5.74, 6) is 0.784. The third kappa shape index (κ3) is 4.80. The smallest absolute Gasteiger partial charge is 0.234 e. The van der Waals surface area contributed by atoms with Crippen LogP contribution >= 0.6 is 23.4 Å². The molecule has 0 spiro atoms. The van der Waals surface area contributed by atoms with E-state index in [1.54, 1.807) is 0 Å². The fourth-order valence-electron chi connectivity index (χ4n) is 4.98. The Hall–Kier alpha value is -4.07. The number of hydrogen-bond donors (Lipinski definition) is 1. The van der Waals surface area contributed by atoms with Crippen LogP contribution in [0.1, 0.15) is 12.5 Å². The van der Waals surface area contributed by atoms with Crippen LogP contribution in [0.5, 0.6) is 0 Å². The number of aromatic nitrogens is 4. The summed E-state index contributed by atoms with van der Waals surface area (Å²) < 4.78 is 4.30. The van der Waals surface area contributed by atoms with Crippen LogP contribution in [0.15, 0.2) is 96.2 Å². The fourth-order valence-corrected chi connectivity index (χ4v) is 5.85. The first kappa shape index (κ1) is 25.2. The van der Waals surface area contributed by atoms with Gasteiger partial charge in [0.15, 0.2) is 11.0 Å². The minimum atomic E-state index is -0.106. The summed E-state index contributed by atoms with van der Waals surface area (Å²) in [5, 5.41) is 15.6. The molecule has 0 unspecified atom stereocenters. The van der Waals surface area contributed by atoms with Crippen molar-refractivity contribution in [1.29, 1.82) is 0 Å². The van der Waals surface area contributed by atoms with E-state index in [2.05, 4.69) is 57.3 Å². The van der Waals surface area contributed by atoms with Crippen molar-refractivity contribution in [3.63, 3.8) is 0 Å². The number of thioether (sulfide) groups is 1. The van der Waals surface area contributed by atoms with Gasteiger partial charge in [-0.15, -0.1) is 10.2 Å². The van der Waals surface area contributed by atoms with Crippen molar-refractivity contribution in [2.24, 2.45) is 0 Å². The quantitative estimate of drug-likeness (QED) is 0.206. The maximum Gasteiger partial charge on any atom is 0.234 e. The highest BCUT2D eigenvalue weighted by Crippen LogP contribution is 2.32. The molecule has 0 bridgehead atoms. The molecule has 2 heterocycles. The van der Waals surface area contributed by atoms with E-state index in [4.69, 9.17) is 11.6 Å². The Morgan fingerprint density at radius 2 is 1.64 bits per heavy atom. The zero-order valence-electron chi connectivity index (χ0n) is 21.6. The number of nitrogens with zero attached hydrogens (tertiary/aromatic N) is 4. The second kappa shape index (κ2) is 10.6. The predicted molar refractivity (Wildman–Crippen MR) is 161 cm³/mol. The Labute approximate surface area is 235 Å². The SMILES string of the molecule is CCn1c2ccccc2c2cc(NC(=O)CSc3nnc(-c4ccc(Cl)cc4)n3-c3ccccc3C)ccc21. The van der Waals surface area contributed by atoms with Gasteiger partial charge in [0.05, 0.1) is 11.4 Å². The number of hydrogen-bond acceptors (Lipinski definition) is 4. The molecule has 194 valence electrons. The molecule has 8 heteroatoms. The number of carbonyl (C=O) groups excluding carboxylic acids is 1. The molecule has 39 heavy (non-hydrogen) atoms. The minimum Gasteiger partial charge on any atom is -0.341 e. The summed E-state index contributed by atoms with van der Waals surface area (Å²) in [6, 6.07) is 30.1. The Morgan fingerprint density at radius 1 is 0.897 bits per heavy atom. The zero-order valence-corrected chi connectivity index (χ0v) is 23.1. The number of halogens is 1. The van der Waals surface area contributed by atoms with Crippen LogP contribution in [-0.2, 0) is 11.3 Å². The van der Waals surface area contributed by atoms with E-state index in [9.17, 15) is 4.79 Å². The first-order chi connectivity index (χ1) is 19.0. The highest BCUT2D eigenvalue weighted by molar-refractivity contribution is 7.99. The van der Waals surface area contributed by atoms with Gasteiger partial charge in [0.25, 0.3) is 0 Å². The van der Waals surface area contributed by atoms with Crippen molar-refractivity contribution < 1.29 is 4.79 Å². The van der Waals surface area contributed by atoms with Gasteiger partial charge in [-0.1, -0.05) is 59.8 Å². The molecule has 6 rings (SSSR count). The largest absolute Gasteiger partial charge is 0.341 e. The standard InChI is InChI=1S/C31H26ClN5OS/c1-3-36-27-11-7-5-9-24(27)25-18-23(16-17-28(25)36)33-29(38)19-39-31-35-34-30(21-12-14-22(32)15-13-21)37(31)26-10-6-4-8-20(26)2/h4-18H,3,19H2,1-2H3,(H,33,38). The lowest BCUT2D eigenvalue weighted by Gasteiger charge is -2.13. The minimum absolute atomic E-state index is 0.106. The van der Waals surface area contributed by atoms with Crippen LogP contribution in [0.25, 0.3) is 38.9 Å². The van der Waals surface area contributed by atoms with E-state index < -0.39 is 0 Å². The van der Waals surface area contributed by atoms with Crippen LogP contribution in [0.4, 0.5) is 5.69 Å². The van der Waals surface area contributed by atoms with Gasteiger partial charge in [0.1, 0.15) is 0 Å². The topological polar surface area (TPSA) is 64.7 Å². The molecule has 0 aliphatic rings. The van der Waals surface area contributed by atoms with Gasteiger partial charge in [0, 0.05) is 44.6 Å². The number of rotatable bonds is 7. The van der Waals surface area contributed by atoms with Crippen LogP contribution in [0.3, 0.4) is 0 Å². The lowest BCUT2D eigenvalue weighted by molar-refractivity contribution is -0.113. The Bertz CT molecular complexity index is 1820. The molecular weight excluding hydrogens is 526 g/mol. The first-order valence-electron chi connectivity index (χ1n) is 12.7. The van der Waals surface area contributed by atoms with Gasteiger partial charge >= 0.3 is 0 Å². The number of para-hydroxylation sites is 2. The molecule has 0 aliphatic heterocycles.